The van der Waals surface area contributed by atoms with Gasteiger partial charge in [0, 0.05) is 5.69 Å². The minimum absolute atomic E-state index is 0.425. The van der Waals surface area contributed by atoms with Gasteiger partial charge in [-0.1, -0.05) is 18.2 Å². The number of carbonyl (C=O) groups is 3. The van der Waals surface area contributed by atoms with Crippen LogP contribution in [0.3, 0.4) is 0 Å². The molecule has 1 aromatic rings. The number of hydrogen-bond donors (Lipinski definition) is 3. The summed E-state index contributed by atoms with van der Waals surface area (Å²) in [6.45, 7) is 0. The summed E-state index contributed by atoms with van der Waals surface area (Å²) in [5, 5.41) is 19.6. The van der Waals surface area contributed by atoms with Crippen LogP contribution in [0.25, 0.3) is 0 Å². The molecule has 1 rings (SSSR count). The Labute approximate surface area is 96.9 Å². The summed E-state index contributed by atoms with van der Waals surface area (Å²) in [6, 6.07) is 8.24. The van der Waals surface area contributed by atoms with Crippen molar-refractivity contribution < 1.29 is 24.6 Å². The normalized spacial score (nSPS) is 11.5. The highest BCUT2D eigenvalue weighted by molar-refractivity contribution is 6.06. The van der Waals surface area contributed by atoms with Crippen LogP contribution in [0.15, 0.2) is 30.3 Å². The lowest BCUT2D eigenvalue weighted by Crippen LogP contribution is -2.31. The third-order valence-electron chi connectivity index (χ3n) is 2.03. The maximum Gasteiger partial charge on any atom is 0.316 e. The third-order valence-corrected chi connectivity index (χ3v) is 2.03. The molecule has 0 heterocycles. The van der Waals surface area contributed by atoms with Gasteiger partial charge in [0.25, 0.3) is 0 Å². The molecule has 1 amide bonds. The highest BCUT2D eigenvalue weighted by atomic mass is 16.4. The number of nitrogens with one attached hydrogen (secondary N) is 1. The van der Waals surface area contributed by atoms with Crippen molar-refractivity contribution in [2.45, 2.75) is 6.42 Å². The standard InChI is InChI=1S/C11H11NO5/c13-9(14)6-8(11(16)17)10(15)12-7-4-2-1-3-5-7/h1-5,8H,6H2,(H,12,15)(H,13,14)(H,16,17). The summed E-state index contributed by atoms with van der Waals surface area (Å²) in [6.07, 6.45) is -0.742. The topological polar surface area (TPSA) is 104 Å². The molecular weight excluding hydrogens is 226 g/mol. The van der Waals surface area contributed by atoms with Gasteiger partial charge in [-0.05, 0) is 12.1 Å². The van der Waals surface area contributed by atoms with Crippen LogP contribution < -0.4 is 5.32 Å². The Morgan fingerprint density at radius 2 is 1.71 bits per heavy atom. The number of para-hydroxylation sites is 1. The molecule has 0 aliphatic carbocycles. The number of aliphatic carboxylic acids is 2. The molecule has 17 heavy (non-hydrogen) atoms. The Morgan fingerprint density at radius 3 is 2.18 bits per heavy atom. The first-order valence-corrected chi connectivity index (χ1v) is 4.81. The SMILES string of the molecule is O=C(O)CC(C(=O)O)C(=O)Nc1ccccc1. The average molecular weight is 237 g/mol. The number of benzene rings is 1. The lowest BCUT2D eigenvalue weighted by atomic mass is 10.1. The molecule has 0 bridgehead atoms. The van der Waals surface area contributed by atoms with Gasteiger partial charge in [0.15, 0.2) is 0 Å². The van der Waals surface area contributed by atoms with Crippen molar-refractivity contribution in [2.24, 2.45) is 5.92 Å². The molecule has 6 nitrogen and oxygen atoms in total. The largest absolute Gasteiger partial charge is 0.481 e. The number of hydrogen-bond acceptors (Lipinski definition) is 3. The van der Waals surface area contributed by atoms with Crippen LogP contribution in [0.5, 0.6) is 0 Å². The molecule has 0 aromatic heterocycles. The maximum absolute atomic E-state index is 11.5. The second-order valence-corrected chi connectivity index (χ2v) is 3.34. The summed E-state index contributed by atoms with van der Waals surface area (Å²) >= 11 is 0. The molecule has 1 atom stereocenters. The van der Waals surface area contributed by atoms with Gasteiger partial charge in [-0.2, -0.15) is 0 Å². The van der Waals surface area contributed by atoms with Gasteiger partial charge in [0.1, 0.15) is 5.92 Å². The molecule has 0 saturated carbocycles. The van der Waals surface area contributed by atoms with Crippen molar-refractivity contribution in [3.63, 3.8) is 0 Å². The van der Waals surface area contributed by atoms with Crippen molar-refractivity contribution >= 4 is 23.5 Å². The van der Waals surface area contributed by atoms with Crippen molar-refractivity contribution in [1.82, 2.24) is 0 Å². The van der Waals surface area contributed by atoms with Gasteiger partial charge < -0.3 is 15.5 Å². The van der Waals surface area contributed by atoms with Gasteiger partial charge in [-0.3, -0.25) is 14.4 Å². The number of amides is 1. The first-order chi connectivity index (χ1) is 8.00. The van der Waals surface area contributed by atoms with Crippen LogP contribution in [0.1, 0.15) is 6.42 Å². The van der Waals surface area contributed by atoms with Crippen LogP contribution in [0, 0.1) is 5.92 Å². The molecule has 0 saturated heterocycles. The third kappa shape index (κ3) is 3.94. The predicted octanol–water partition coefficient (Wildman–Crippen LogP) is 0.801. The molecule has 1 unspecified atom stereocenters. The molecule has 0 fully saturated rings. The van der Waals surface area contributed by atoms with Gasteiger partial charge >= 0.3 is 11.9 Å². The minimum atomic E-state index is -1.59. The molecule has 90 valence electrons. The Kier molecular flexibility index (Phi) is 4.21. The van der Waals surface area contributed by atoms with Crippen LogP contribution in [-0.2, 0) is 14.4 Å². The van der Waals surface area contributed by atoms with E-state index in [0.29, 0.717) is 5.69 Å². The van der Waals surface area contributed by atoms with E-state index in [1.807, 2.05) is 0 Å². The smallest absolute Gasteiger partial charge is 0.316 e. The average Bonchev–Trinajstić information content (AvgIpc) is 2.26. The van der Waals surface area contributed by atoms with Crippen LogP contribution >= 0.6 is 0 Å². The second kappa shape index (κ2) is 5.64. The maximum atomic E-state index is 11.5. The fourth-order valence-corrected chi connectivity index (χ4v) is 1.22. The molecule has 3 N–H and O–H groups in total. The summed E-state index contributed by atoms with van der Waals surface area (Å²) < 4.78 is 0. The number of carboxylic acid groups (broad SMARTS) is 2. The van der Waals surface area contributed by atoms with Crippen LogP contribution in [0.4, 0.5) is 5.69 Å². The molecular formula is C11H11NO5. The molecule has 0 radical (unpaired) electrons. The van der Waals surface area contributed by atoms with E-state index in [1.54, 1.807) is 30.3 Å². The summed E-state index contributed by atoms with van der Waals surface area (Å²) in [5.41, 5.74) is 0.425. The zero-order valence-corrected chi connectivity index (χ0v) is 8.79. The Balaban J connectivity index is 2.72. The zero-order valence-electron chi connectivity index (χ0n) is 8.79. The molecule has 0 aliphatic rings. The Bertz CT molecular complexity index is 429. The first kappa shape index (κ1) is 12.7. The van der Waals surface area contributed by atoms with Crippen molar-refractivity contribution in [3.8, 4) is 0 Å². The number of carbonyl (C=O) groups excluding carboxylic acids is 1. The Hall–Kier alpha value is -2.37. The zero-order chi connectivity index (χ0) is 12.8. The molecule has 0 spiro atoms. The van der Waals surface area contributed by atoms with Crippen molar-refractivity contribution in [2.75, 3.05) is 5.32 Å². The van der Waals surface area contributed by atoms with E-state index in [-0.39, 0.29) is 0 Å². The predicted molar refractivity (Wildman–Crippen MR) is 58.5 cm³/mol. The van der Waals surface area contributed by atoms with E-state index < -0.39 is 30.2 Å². The van der Waals surface area contributed by atoms with E-state index in [4.69, 9.17) is 10.2 Å². The summed E-state index contributed by atoms with van der Waals surface area (Å²) in [7, 11) is 0. The quantitative estimate of drug-likeness (QED) is 0.657. The number of carboxylic acids is 2. The van der Waals surface area contributed by atoms with E-state index in [1.165, 1.54) is 0 Å². The lowest BCUT2D eigenvalue weighted by molar-refractivity contribution is -0.151. The fraction of sp³-hybridized carbons (Fsp3) is 0.182. The first-order valence-electron chi connectivity index (χ1n) is 4.81. The van der Waals surface area contributed by atoms with E-state index >= 15 is 0 Å². The van der Waals surface area contributed by atoms with E-state index in [0.717, 1.165) is 0 Å². The van der Waals surface area contributed by atoms with Gasteiger partial charge in [-0.15, -0.1) is 0 Å². The highest BCUT2D eigenvalue weighted by Gasteiger charge is 2.28. The minimum Gasteiger partial charge on any atom is -0.481 e. The number of rotatable bonds is 5. The summed E-state index contributed by atoms with van der Waals surface area (Å²) in [5.74, 6) is -5.22. The number of anilines is 1. The molecule has 6 heteroatoms. The van der Waals surface area contributed by atoms with Crippen LogP contribution in [0.2, 0.25) is 0 Å². The monoisotopic (exact) mass is 237 g/mol. The fourth-order valence-electron chi connectivity index (χ4n) is 1.22. The van der Waals surface area contributed by atoms with Crippen molar-refractivity contribution in [3.05, 3.63) is 30.3 Å². The van der Waals surface area contributed by atoms with Gasteiger partial charge in [-0.25, -0.2) is 0 Å². The summed E-state index contributed by atoms with van der Waals surface area (Å²) in [4.78, 5) is 32.7. The highest BCUT2D eigenvalue weighted by Crippen LogP contribution is 2.10. The Morgan fingerprint density at radius 1 is 1.12 bits per heavy atom. The van der Waals surface area contributed by atoms with Gasteiger partial charge in [0.05, 0.1) is 6.42 Å². The van der Waals surface area contributed by atoms with Crippen LogP contribution in [-0.4, -0.2) is 28.1 Å². The molecule has 0 aliphatic heterocycles. The molecule has 1 aromatic carbocycles. The van der Waals surface area contributed by atoms with Gasteiger partial charge in [0.2, 0.25) is 5.91 Å². The van der Waals surface area contributed by atoms with E-state index in [2.05, 4.69) is 5.32 Å². The lowest BCUT2D eigenvalue weighted by Gasteiger charge is -2.10. The second-order valence-electron chi connectivity index (χ2n) is 3.34. The van der Waals surface area contributed by atoms with E-state index in [9.17, 15) is 14.4 Å². The van der Waals surface area contributed by atoms with Crippen molar-refractivity contribution in [1.29, 1.82) is 0 Å².